The van der Waals surface area contributed by atoms with Crippen molar-refractivity contribution >= 4 is 17.7 Å². The fraction of sp³-hybridized carbons (Fsp3) is 0.385. The Balaban J connectivity index is 2.00. The molecule has 2 aromatic rings. The van der Waals surface area contributed by atoms with E-state index in [0.717, 1.165) is 12.0 Å². The Kier molecular flexibility index (Phi) is 5.15. The Morgan fingerprint density at radius 1 is 1.43 bits per heavy atom. The lowest BCUT2D eigenvalue weighted by Gasteiger charge is -2.10. The summed E-state index contributed by atoms with van der Waals surface area (Å²) in [5.74, 6) is 6.33. The number of thioether (sulfide) groups is 1. The molecule has 0 spiro atoms. The third-order valence-electron chi connectivity index (χ3n) is 2.83. The van der Waals surface area contributed by atoms with E-state index in [0.29, 0.717) is 11.0 Å². The van der Waals surface area contributed by atoms with Crippen LogP contribution in [0.4, 0.5) is 0 Å². The van der Waals surface area contributed by atoms with Crippen LogP contribution in [-0.4, -0.2) is 37.7 Å². The molecule has 0 aromatic carbocycles. The van der Waals surface area contributed by atoms with Crippen LogP contribution in [0.5, 0.6) is 0 Å². The molecule has 0 aliphatic heterocycles. The Morgan fingerprint density at radius 2 is 2.14 bits per heavy atom. The second-order valence-corrected chi connectivity index (χ2v) is 5.35. The molecular formula is C13H17N5O2S. The van der Waals surface area contributed by atoms with Crippen LogP contribution in [0.15, 0.2) is 29.7 Å². The highest BCUT2D eigenvalue weighted by Crippen LogP contribution is 2.21. The summed E-state index contributed by atoms with van der Waals surface area (Å²) in [5, 5.41) is 8.48. The Labute approximate surface area is 126 Å². The Bertz CT molecular complexity index is 602. The third-order valence-corrected chi connectivity index (χ3v) is 3.75. The van der Waals surface area contributed by atoms with Crippen molar-refractivity contribution in [3.8, 4) is 11.4 Å². The summed E-state index contributed by atoms with van der Waals surface area (Å²) in [5.41, 5.74) is 0.814. The van der Waals surface area contributed by atoms with Crippen molar-refractivity contribution in [2.45, 2.75) is 31.5 Å². The molecular weight excluding hydrogens is 290 g/mol. The maximum absolute atomic E-state index is 11.6. The molecule has 112 valence electrons. The van der Waals surface area contributed by atoms with E-state index in [1.54, 1.807) is 24.5 Å². The summed E-state index contributed by atoms with van der Waals surface area (Å²) >= 11 is 1.20. The lowest BCUT2D eigenvalue weighted by atomic mass is 10.2. The van der Waals surface area contributed by atoms with E-state index in [2.05, 4.69) is 15.2 Å². The van der Waals surface area contributed by atoms with Gasteiger partial charge in [-0.2, -0.15) is 0 Å². The maximum atomic E-state index is 11.6. The van der Waals surface area contributed by atoms with Gasteiger partial charge in [0.2, 0.25) is 5.16 Å². The van der Waals surface area contributed by atoms with Crippen molar-refractivity contribution in [3.05, 3.63) is 24.5 Å². The summed E-state index contributed by atoms with van der Waals surface area (Å²) in [6.45, 7) is 3.82. The number of ether oxygens (including phenoxy) is 1. The predicted octanol–water partition coefficient (Wildman–Crippen LogP) is 1.49. The monoisotopic (exact) mass is 307 g/mol. The molecule has 21 heavy (non-hydrogen) atoms. The molecule has 8 heteroatoms. The molecule has 0 radical (unpaired) electrons. The number of rotatable bonds is 6. The smallest absolute Gasteiger partial charge is 0.316 e. The largest absolute Gasteiger partial charge is 0.462 e. The number of nitrogens with zero attached hydrogens (tertiary/aromatic N) is 4. The number of nitrogens with two attached hydrogens (primary N) is 1. The molecule has 2 rings (SSSR count). The van der Waals surface area contributed by atoms with Gasteiger partial charge in [0, 0.05) is 18.0 Å². The quantitative estimate of drug-likeness (QED) is 0.490. The number of pyridine rings is 1. The first-order valence-electron chi connectivity index (χ1n) is 6.55. The summed E-state index contributed by atoms with van der Waals surface area (Å²) in [7, 11) is 0. The summed E-state index contributed by atoms with van der Waals surface area (Å²) < 4.78 is 6.54. The van der Waals surface area contributed by atoms with Crippen LogP contribution in [-0.2, 0) is 9.53 Å². The van der Waals surface area contributed by atoms with Gasteiger partial charge >= 0.3 is 5.97 Å². The molecule has 2 aromatic heterocycles. The van der Waals surface area contributed by atoms with Gasteiger partial charge in [-0.1, -0.05) is 18.7 Å². The fourth-order valence-corrected chi connectivity index (χ4v) is 2.18. The first-order chi connectivity index (χ1) is 10.1. The average Bonchev–Trinajstić information content (AvgIpc) is 2.87. The van der Waals surface area contributed by atoms with Crippen LogP contribution in [0.1, 0.15) is 20.3 Å². The third kappa shape index (κ3) is 3.94. The summed E-state index contributed by atoms with van der Waals surface area (Å²) in [6.07, 6.45) is 4.01. The molecule has 2 heterocycles. The molecule has 1 atom stereocenters. The van der Waals surface area contributed by atoms with Crippen molar-refractivity contribution in [3.63, 3.8) is 0 Å². The van der Waals surface area contributed by atoms with E-state index >= 15 is 0 Å². The van der Waals surface area contributed by atoms with Gasteiger partial charge in [0.15, 0.2) is 5.82 Å². The summed E-state index contributed by atoms with van der Waals surface area (Å²) in [4.78, 5) is 15.6. The fourth-order valence-electron chi connectivity index (χ4n) is 1.54. The highest BCUT2D eigenvalue weighted by atomic mass is 32.2. The normalized spacial score (nSPS) is 12.1. The average molecular weight is 307 g/mol. The number of aromatic nitrogens is 4. The van der Waals surface area contributed by atoms with Crippen molar-refractivity contribution in [1.82, 2.24) is 19.9 Å². The highest BCUT2D eigenvalue weighted by molar-refractivity contribution is 7.99. The zero-order valence-corrected chi connectivity index (χ0v) is 12.7. The van der Waals surface area contributed by atoms with Crippen LogP contribution in [0, 0.1) is 0 Å². The summed E-state index contributed by atoms with van der Waals surface area (Å²) in [6, 6.07) is 3.58. The number of hydrogen-bond acceptors (Lipinski definition) is 7. The van der Waals surface area contributed by atoms with E-state index in [9.17, 15) is 4.79 Å². The van der Waals surface area contributed by atoms with Crippen molar-refractivity contribution in [1.29, 1.82) is 0 Å². The number of esters is 1. The second kappa shape index (κ2) is 7.07. The number of carbonyl (C=O) groups excluding carboxylic acids is 1. The Hall–Kier alpha value is -2.09. The van der Waals surface area contributed by atoms with E-state index < -0.39 is 0 Å². The van der Waals surface area contributed by atoms with Crippen LogP contribution in [0.2, 0.25) is 0 Å². The molecule has 0 amide bonds. The molecule has 0 saturated heterocycles. The standard InChI is InChI=1S/C13H17N5O2S/c1-3-9(2)20-11(19)8-21-13-17-16-12(18(13)14)10-4-6-15-7-5-10/h4-7,9H,3,8,14H2,1-2H3. The van der Waals surface area contributed by atoms with Crippen LogP contribution < -0.4 is 5.84 Å². The van der Waals surface area contributed by atoms with Gasteiger partial charge in [0.1, 0.15) is 0 Å². The predicted molar refractivity (Wildman–Crippen MR) is 80.0 cm³/mol. The molecule has 0 aliphatic rings. The minimum Gasteiger partial charge on any atom is -0.462 e. The molecule has 0 bridgehead atoms. The highest BCUT2D eigenvalue weighted by Gasteiger charge is 2.15. The number of hydrogen-bond donors (Lipinski definition) is 1. The van der Waals surface area contributed by atoms with Crippen molar-refractivity contribution < 1.29 is 9.53 Å². The molecule has 0 saturated carbocycles. The first kappa shape index (κ1) is 15.3. The molecule has 7 nitrogen and oxygen atoms in total. The van der Waals surface area contributed by atoms with Gasteiger partial charge in [-0.25, -0.2) is 4.68 Å². The van der Waals surface area contributed by atoms with Crippen LogP contribution >= 0.6 is 11.8 Å². The number of nitrogen functional groups attached to an aromatic ring is 1. The number of carbonyl (C=O) groups is 1. The molecule has 1 unspecified atom stereocenters. The van der Waals surface area contributed by atoms with Gasteiger partial charge in [-0.3, -0.25) is 9.78 Å². The van der Waals surface area contributed by atoms with E-state index in [1.807, 2.05) is 13.8 Å². The Morgan fingerprint density at radius 3 is 2.81 bits per heavy atom. The SMILES string of the molecule is CCC(C)OC(=O)CSc1nnc(-c2ccncc2)n1N. The minimum absolute atomic E-state index is 0.0822. The molecule has 0 fully saturated rings. The van der Waals surface area contributed by atoms with Gasteiger partial charge in [0.25, 0.3) is 0 Å². The second-order valence-electron chi connectivity index (χ2n) is 4.41. The van der Waals surface area contributed by atoms with E-state index in [1.165, 1.54) is 16.4 Å². The van der Waals surface area contributed by atoms with E-state index in [4.69, 9.17) is 10.6 Å². The van der Waals surface area contributed by atoms with Crippen LogP contribution in [0.3, 0.4) is 0 Å². The van der Waals surface area contributed by atoms with Crippen LogP contribution in [0.25, 0.3) is 11.4 Å². The molecule has 2 N–H and O–H groups in total. The van der Waals surface area contributed by atoms with Gasteiger partial charge < -0.3 is 10.6 Å². The van der Waals surface area contributed by atoms with Crippen molar-refractivity contribution in [2.75, 3.05) is 11.6 Å². The lowest BCUT2D eigenvalue weighted by molar-refractivity contribution is -0.144. The minimum atomic E-state index is -0.289. The zero-order valence-electron chi connectivity index (χ0n) is 11.9. The van der Waals surface area contributed by atoms with Gasteiger partial charge in [-0.15, -0.1) is 10.2 Å². The zero-order chi connectivity index (χ0) is 15.2. The molecule has 0 aliphatic carbocycles. The van der Waals surface area contributed by atoms with E-state index in [-0.39, 0.29) is 17.8 Å². The van der Waals surface area contributed by atoms with Gasteiger partial charge in [-0.05, 0) is 25.5 Å². The van der Waals surface area contributed by atoms with Crippen molar-refractivity contribution in [2.24, 2.45) is 0 Å². The first-order valence-corrected chi connectivity index (χ1v) is 7.53. The topological polar surface area (TPSA) is 95.9 Å². The maximum Gasteiger partial charge on any atom is 0.316 e. The lowest BCUT2D eigenvalue weighted by Crippen LogP contribution is -2.17. The van der Waals surface area contributed by atoms with Gasteiger partial charge in [0.05, 0.1) is 11.9 Å².